The smallest absolute Gasteiger partial charge is 0.240 e. The van der Waals surface area contributed by atoms with Crippen LogP contribution in [0.5, 0.6) is 0 Å². The van der Waals surface area contributed by atoms with Gasteiger partial charge in [-0.25, -0.2) is 0 Å². The van der Waals surface area contributed by atoms with Crippen molar-refractivity contribution in [2.45, 2.75) is 26.4 Å². The van der Waals surface area contributed by atoms with E-state index in [0.29, 0.717) is 6.54 Å². The van der Waals surface area contributed by atoms with Crippen LogP contribution in [0.3, 0.4) is 0 Å². The van der Waals surface area contributed by atoms with E-state index in [1.165, 1.54) is 10.9 Å². The Morgan fingerprint density at radius 2 is 1.91 bits per heavy atom. The Hall–Kier alpha value is -2.55. The van der Waals surface area contributed by atoms with E-state index in [9.17, 15) is 4.79 Å². The van der Waals surface area contributed by atoms with Crippen LogP contribution in [-0.2, 0) is 11.3 Å². The molecule has 1 unspecified atom stereocenters. The fraction of sp³-hybridized carbons (Fsp3) is 0.211. The van der Waals surface area contributed by atoms with E-state index in [2.05, 4.69) is 36.5 Å². The Bertz CT molecular complexity index is 790. The van der Waals surface area contributed by atoms with Crippen LogP contribution < -0.4 is 5.32 Å². The van der Waals surface area contributed by atoms with Gasteiger partial charge in [0.15, 0.2) is 0 Å². The van der Waals surface area contributed by atoms with Gasteiger partial charge in [-0.2, -0.15) is 0 Å². The molecule has 1 aromatic heterocycles. The minimum atomic E-state index is 0.0118. The maximum absolute atomic E-state index is 12.3. The second-order valence-corrected chi connectivity index (χ2v) is 5.71. The number of nitrogens with one attached hydrogen (secondary N) is 1. The molecule has 0 bridgehead atoms. The number of hydrogen-bond acceptors (Lipinski definition) is 1. The highest BCUT2D eigenvalue weighted by Gasteiger charge is 2.10. The Balaban J connectivity index is 1.71. The molecule has 0 aliphatic rings. The summed E-state index contributed by atoms with van der Waals surface area (Å²) in [6, 6.07) is 18.3. The largest absolute Gasteiger partial charge is 0.348 e. The number of fused-ring (bicyclic) bond motifs is 1. The highest BCUT2D eigenvalue weighted by atomic mass is 16.2. The first-order valence-corrected chi connectivity index (χ1v) is 7.53. The molecule has 1 amide bonds. The Morgan fingerprint density at radius 1 is 1.14 bits per heavy atom. The van der Waals surface area contributed by atoms with Crippen LogP contribution in [0, 0.1) is 6.92 Å². The van der Waals surface area contributed by atoms with Crippen molar-refractivity contribution >= 4 is 16.8 Å². The third-order valence-corrected chi connectivity index (χ3v) is 3.92. The lowest BCUT2D eigenvalue weighted by molar-refractivity contribution is -0.122. The molecule has 1 N–H and O–H groups in total. The molecule has 2 aromatic carbocycles. The molecule has 3 aromatic rings. The van der Waals surface area contributed by atoms with Crippen LogP contribution >= 0.6 is 0 Å². The topological polar surface area (TPSA) is 34.0 Å². The standard InChI is InChI=1S/C19H20N2O/c1-14-8-9-18-17(12-14)10-11-21(18)13-19(22)20-15(2)16-6-4-3-5-7-16/h3-12,15H,13H2,1-2H3,(H,20,22). The summed E-state index contributed by atoms with van der Waals surface area (Å²) in [4.78, 5) is 12.3. The average molecular weight is 292 g/mol. The molecule has 0 spiro atoms. The van der Waals surface area contributed by atoms with Crippen LogP contribution in [0.2, 0.25) is 0 Å². The van der Waals surface area contributed by atoms with E-state index in [1.807, 2.05) is 48.0 Å². The van der Waals surface area contributed by atoms with E-state index in [-0.39, 0.29) is 11.9 Å². The monoisotopic (exact) mass is 292 g/mol. The predicted octanol–water partition coefficient (Wildman–Crippen LogP) is 3.83. The molecule has 3 nitrogen and oxygen atoms in total. The van der Waals surface area contributed by atoms with Crippen LogP contribution in [-0.4, -0.2) is 10.5 Å². The van der Waals surface area contributed by atoms with Crippen molar-refractivity contribution < 1.29 is 4.79 Å². The molecular weight excluding hydrogens is 272 g/mol. The highest BCUT2D eigenvalue weighted by Crippen LogP contribution is 2.17. The Labute approximate surface area is 130 Å². The summed E-state index contributed by atoms with van der Waals surface area (Å²) in [7, 11) is 0. The van der Waals surface area contributed by atoms with Crippen LogP contribution in [0.25, 0.3) is 10.9 Å². The number of carbonyl (C=O) groups excluding carboxylic acids is 1. The number of benzene rings is 2. The van der Waals surface area contributed by atoms with E-state index in [4.69, 9.17) is 0 Å². The summed E-state index contributed by atoms with van der Waals surface area (Å²) in [5, 5.41) is 4.22. The van der Waals surface area contributed by atoms with E-state index >= 15 is 0 Å². The lowest BCUT2D eigenvalue weighted by Gasteiger charge is -2.15. The van der Waals surface area contributed by atoms with Crippen molar-refractivity contribution in [2.75, 3.05) is 0 Å². The summed E-state index contributed by atoms with van der Waals surface area (Å²) in [5.41, 5.74) is 3.43. The number of amides is 1. The maximum atomic E-state index is 12.3. The van der Waals surface area contributed by atoms with Crippen molar-refractivity contribution in [3.63, 3.8) is 0 Å². The van der Waals surface area contributed by atoms with E-state index < -0.39 is 0 Å². The van der Waals surface area contributed by atoms with Crippen molar-refractivity contribution in [3.05, 3.63) is 71.9 Å². The third-order valence-electron chi connectivity index (χ3n) is 3.92. The van der Waals surface area contributed by atoms with Gasteiger partial charge in [0.25, 0.3) is 0 Å². The second-order valence-electron chi connectivity index (χ2n) is 5.71. The quantitative estimate of drug-likeness (QED) is 0.779. The summed E-state index contributed by atoms with van der Waals surface area (Å²) in [6.07, 6.45) is 1.97. The normalized spacial score (nSPS) is 12.3. The zero-order chi connectivity index (χ0) is 15.5. The zero-order valence-corrected chi connectivity index (χ0v) is 12.9. The Kier molecular flexibility index (Phi) is 3.96. The molecule has 1 atom stereocenters. The van der Waals surface area contributed by atoms with Gasteiger partial charge in [0.2, 0.25) is 5.91 Å². The minimum Gasteiger partial charge on any atom is -0.348 e. The molecule has 0 fully saturated rings. The number of hydrogen-bond donors (Lipinski definition) is 1. The lowest BCUT2D eigenvalue weighted by Crippen LogP contribution is -2.29. The first-order valence-electron chi connectivity index (χ1n) is 7.53. The molecule has 22 heavy (non-hydrogen) atoms. The molecule has 0 saturated heterocycles. The van der Waals surface area contributed by atoms with E-state index in [0.717, 1.165) is 11.1 Å². The van der Waals surface area contributed by atoms with Crippen LogP contribution in [0.4, 0.5) is 0 Å². The summed E-state index contributed by atoms with van der Waals surface area (Å²) >= 11 is 0. The van der Waals surface area contributed by atoms with Gasteiger partial charge in [0, 0.05) is 11.7 Å². The predicted molar refractivity (Wildman–Crippen MR) is 89.7 cm³/mol. The van der Waals surface area contributed by atoms with Crippen LogP contribution in [0.1, 0.15) is 24.1 Å². The molecule has 112 valence electrons. The fourth-order valence-corrected chi connectivity index (χ4v) is 2.72. The molecule has 3 heteroatoms. The molecule has 0 saturated carbocycles. The number of aromatic nitrogens is 1. The zero-order valence-electron chi connectivity index (χ0n) is 12.9. The van der Waals surface area contributed by atoms with Gasteiger partial charge in [0.1, 0.15) is 6.54 Å². The minimum absolute atomic E-state index is 0.0118. The average Bonchev–Trinajstić information content (AvgIpc) is 2.90. The first kappa shape index (κ1) is 14.4. The molecule has 0 aliphatic heterocycles. The van der Waals surface area contributed by atoms with Crippen molar-refractivity contribution in [2.24, 2.45) is 0 Å². The Morgan fingerprint density at radius 3 is 2.68 bits per heavy atom. The lowest BCUT2D eigenvalue weighted by atomic mass is 10.1. The number of rotatable bonds is 4. The molecule has 3 rings (SSSR count). The highest BCUT2D eigenvalue weighted by molar-refractivity contribution is 5.84. The van der Waals surface area contributed by atoms with Gasteiger partial charge in [-0.05, 0) is 43.0 Å². The fourth-order valence-electron chi connectivity index (χ4n) is 2.72. The van der Waals surface area contributed by atoms with Gasteiger partial charge in [-0.15, -0.1) is 0 Å². The first-order chi connectivity index (χ1) is 10.6. The number of aryl methyl sites for hydroxylation is 1. The van der Waals surface area contributed by atoms with Gasteiger partial charge in [-0.1, -0.05) is 42.0 Å². The maximum Gasteiger partial charge on any atom is 0.240 e. The summed E-state index contributed by atoms with van der Waals surface area (Å²) < 4.78 is 1.99. The summed E-state index contributed by atoms with van der Waals surface area (Å²) in [6.45, 7) is 4.42. The number of nitrogens with zero attached hydrogens (tertiary/aromatic N) is 1. The second kappa shape index (κ2) is 6.06. The SMILES string of the molecule is Cc1ccc2c(ccn2CC(=O)NC(C)c2ccccc2)c1. The molecule has 0 aliphatic carbocycles. The summed E-state index contributed by atoms with van der Waals surface area (Å²) in [5.74, 6) is 0.0226. The van der Waals surface area contributed by atoms with Gasteiger partial charge in [0.05, 0.1) is 6.04 Å². The van der Waals surface area contributed by atoms with Crippen molar-refractivity contribution in [1.82, 2.24) is 9.88 Å². The van der Waals surface area contributed by atoms with Gasteiger partial charge >= 0.3 is 0 Å². The molecule has 1 heterocycles. The van der Waals surface area contributed by atoms with Gasteiger partial charge in [-0.3, -0.25) is 4.79 Å². The van der Waals surface area contributed by atoms with E-state index in [1.54, 1.807) is 0 Å². The third kappa shape index (κ3) is 3.03. The molecular formula is C19H20N2O. The van der Waals surface area contributed by atoms with Gasteiger partial charge < -0.3 is 9.88 Å². The van der Waals surface area contributed by atoms with Crippen molar-refractivity contribution in [1.29, 1.82) is 0 Å². The van der Waals surface area contributed by atoms with Crippen LogP contribution in [0.15, 0.2) is 60.8 Å². The molecule has 0 radical (unpaired) electrons. The van der Waals surface area contributed by atoms with Crippen molar-refractivity contribution in [3.8, 4) is 0 Å². The number of carbonyl (C=O) groups is 1.